The third-order valence-corrected chi connectivity index (χ3v) is 3.63. The van der Waals surface area contributed by atoms with Gasteiger partial charge in [0, 0.05) is 24.2 Å². The quantitative estimate of drug-likeness (QED) is 0.464. The Morgan fingerprint density at radius 2 is 1.87 bits per heavy atom. The number of aromatic nitrogens is 5. The zero-order chi connectivity index (χ0) is 15.6. The van der Waals surface area contributed by atoms with Crippen molar-refractivity contribution in [1.29, 1.82) is 0 Å². The average molecular weight is 306 g/mol. The van der Waals surface area contributed by atoms with E-state index >= 15 is 0 Å². The highest BCUT2D eigenvalue weighted by atomic mass is 16.1. The molecule has 0 aliphatic carbocycles. The second kappa shape index (κ2) is 5.45. The molecule has 23 heavy (non-hydrogen) atoms. The summed E-state index contributed by atoms with van der Waals surface area (Å²) in [5.74, 6) is 0. The first-order valence-corrected chi connectivity index (χ1v) is 7.16. The standard InChI is InChI=1S/C16H14N6O/c23-16-21-14-2-1-10(4-15(14)22-16)11-3-12(6-17-5-11)19-8-13-7-18-9-20-13/h1-7,9,19H,8H2,(H,18,20)(H2,21,22,23). The fourth-order valence-corrected chi connectivity index (χ4v) is 2.49. The van der Waals surface area contributed by atoms with Gasteiger partial charge >= 0.3 is 5.69 Å². The monoisotopic (exact) mass is 306 g/mol. The smallest absolute Gasteiger partial charge is 0.323 e. The molecule has 0 atom stereocenters. The van der Waals surface area contributed by atoms with Crippen LogP contribution in [0.15, 0.2) is 54.0 Å². The number of pyridine rings is 1. The van der Waals surface area contributed by atoms with Crippen LogP contribution in [0.25, 0.3) is 22.2 Å². The number of aromatic amines is 3. The lowest BCUT2D eigenvalue weighted by Crippen LogP contribution is -2.00. The van der Waals surface area contributed by atoms with Gasteiger partial charge in [0.25, 0.3) is 0 Å². The van der Waals surface area contributed by atoms with Crippen LogP contribution in [-0.2, 0) is 6.54 Å². The van der Waals surface area contributed by atoms with Crippen molar-refractivity contribution in [3.63, 3.8) is 0 Å². The van der Waals surface area contributed by atoms with E-state index in [4.69, 9.17) is 0 Å². The van der Waals surface area contributed by atoms with Gasteiger partial charge < -0.3 is 20.3 Å². The van der Waals surface area contributed by atoms with E-state index < -0.39 is 0 Å². The molecule has 0 aliphatic heterocycles. The fraction of sp³-hybridized carbons (Fsp3) is 0.0625. The van der Waals surface area contributed by atoms with Crippen molar-refractivity contribution in [2.75, 3.05) is 5.32 Å². The second-order valence-electron chi connectivity index (χ2n) is 5.23. The zero-order valence-corrected chi connectivity index (χ0v) is 12.1. The zero-order valence-electron chi connectivity index (χ0n) is 12.1. The van der Waals surface area contributed by atoms with Crippen LogP contribution in [0.1, 0.15) is 5.69 Å². The summed E-state index contributed by atoms with van der Waals surface area (Å²) in [6.07, 6.45) is 7.00. The van der Waals surface area contributed by atoms with Crippen molar-refractivity contribution in [3.05, 3.63) is 65.4 Å². The van der Waals surface area contributed by atoms with Crippen LogP contribution in [0, 0.1) is 0 Å². The van der Waals surface area contributed by atoms with Crippen LogP contribution in [0.5, 0.6) is 0 Å². The van der Waals surface area contributed by atoms with Crippen LogP contribution in [0.3, 0.4) is 0 Å². The largest absolute Gasteiger partial charge is 0.378 e. The van der Waals surface area contributed by atoms with Gasteiger partial charge in [-0.2, -0.15) is 0 Å². The maximum Gasteiger partial charge on any atom is 0.323 e. The number of anilines is 1. The number of imidazole rings is 2. The Hall–Kier alpha value is -3.35. The molecule has 4 aromatic rings. The Morgan fingerprint density at radius 3 is 2.74 bits per heavy atom. The van der Waals surface area contributed by atoms with Crippen molar-refractivity contribution < 1.29 is 0 Å². The summed E-state index contributed by atoms with van der Waals surface area (Å²) in [6, 6.07) is 7.80. The van der Waals surface area contributed by atoms with Crippen molar-refractivity contribution >= 4 is 16.7 Å². The normalized spacial score (nSPS) is 11.0. The lowest BCUT2D eigenvalue weighted by molar-refractivity contribution is 1.07. The topological polar surface area (TPSA) is 102 Å². The number of benzene rings is 1. The minimum absolute atomic E-state index is 0.203. The van der Waals surface area contributed by atoms with E-state index in [0.717, 1.165) is 33.5 Å². The molecular formula is C16H14N6O. The molecule has 3 heterocycles. The van der Waals surface area contributed by atoms with E-state index in [1.807, 2.05) is 24.3 Å². The maximum atomic E-state index is 11.3. The van der Waals surface area contributed by atoms with Crippen LogP contribution in [0.4, 0.5) is 5.69 Å². The Labute approximate surface area is 130 Å². The first kappa shape index (κ1) is 13.3. The van der Waals surface area contributed by atoms with Gasteiger partial charge in [-0.05, 0) is 23.8 Å². The van der Waals surface area contributed by atoms with E-state index in [0.29, 0.717) is 6.54 Å². The predicted octanol–water partition coefficient (Wildman–Crippen LogP) is 2.25. The predicted molar refractivity (Wildman–Crippen MR) is 88.1 cm³/mol. The Balaban J connectivity index is 1.62. The van der Waals surface area contributed by atoms with E-state index in [-0.39, 0.29) is 5.69 Å². The first-order chi connectivity index (χ1) is 11.3. The molecule has 1 aromatic carbocycles. The number of fused-ring (bicyclic) bond motifs is 1. The van der Waals surface area contributed by atoms with E-state index in [2.05, 4.69) is 30.2 Å². The van der Waals surface area contributed by atoms with Crippen LogP contribution >= 0.6 is 0 Å². The number of hydrogen-bond donors (Lipinski definition) is 4. The molecule has 7 heteroatoms. The fourth-order valence-electron chi connectivity index (χ4n) is 2.49. The van der Waals surface area contributed by atoms with E-state index in [1.165, 1.54) is 0 Å². The second-order valence-corrected chi connectivity index (χ2v) is 5.23. The van der Waals surface area contributed by atoms with Gasteiger partial charge in [0.15, 0.2) is 0 Å². The number of rotatable bonds is 4. The molecule has 0 spiro atoms. The minimum Gasteiger partial charge on any atom is -0.378 e. The lowest BCUT2D eigenvalue weighted by Gasteiger charge is -2.07. The van der Waals surface area contributed by atoms with Crippen LogP contribution < -0.4 is 11.0 Å². The summed E-state index contributed by atoms with van der Waals surface area (Å²) in [6.45, 7) is 0.648. The van der Waals surface area contributed by atoms with Gasteiger partial charge in [-0.3, -0.25) is 4.98 Å². The summed E-state index contributed by atoms with van der Waals surface area (Å²) >= 11 is 0. The maximum absolute atomic E-state index is 11.3. The van der Waals surface area contributed by atoms with Gasteiger partial charge in [-0.25, -0.2) is 9.78 Å². The van der Waals surface area contributed by atoms with E-state index in [1.54, 1.807) is 24.9 Å². The SMILES string of the molecule is O=c1[nH]c2ccc(-c3cncc(NCc4cnc[nH]4)c3)cc2[nH]1. The number of nitrogens with zero attached hydrogens (tertiary/aromatic N) is 2. The van der Waals surface area contributed by atoms with Crippen LogP contribution in [-0.4, -0.2) is 24.9 Å². The highest BCUT2D eigenvalue weighted by molar-refractivity contribution is 5.81. The molecule has 7 nitrogen and oxygen atoms in total. The molecule has 0 fully saturated rings. The van der Waals surface area contributed by atoms with Crippen molar-refractivity contribution in [1.82, 2.24) is 24.9 Å². The first-order valence-electron chi connectivity index (χ1n) is 7.16. The molecule has 4 N–H and O–H groups in total. The van der Waals surface area contributed by atoms with E-state index in [9.17, 15) is 4.79 Å². The number of nitrogens with one attached hydrogen (secondary N) is 4. The molecule has 0 radical (unpaired) electrons. The third kappa shape index (κ3) is 2.71. The lowest BCUT2D eigenvalue weighted by atomic mass is 10.1. The van der Waals surface area contributed by atoms with Crippen molar-refractivity contribution in [2.45, 2.75) is 6.54 Å². The molecule has 3 aromatic heterocycles. The third-order valence-electron chi connectivity index (χ3n) is 3.63. The number of hydrogen-bond acceptors (Lipinski definition) is 4. The molecule has 4 rings (SSSR count). The number of H-pyrrole nitrogens is 3. The molecule has 0 saturated heterocycles. The molecule has 0 unspecified atom stereocenters. The Morgan fingerprint density at radius 1 is 0.957 bits per heavy atom. The summed E-state index contributed by atoms with van der Waals surface area (Å²) in [5.41, 5.74) is 5.25. The molecule has 0 aliphatic rings. The summed E-state index contributed by atoms with van der Waals surface area (Å²) in [4.78, 5) is 28.2. The summed E-state index contributed by atoms with van der Waals surface area (Å²) < 4.78 is 0. The summed E-state index contributed by atoms with van der Waals surface area (Å²) in [5, 5.41) is 3.30. The van der Waals surface area contributed by atoms with Gasteiger partial charge in [-0.1, -0.05) is 6.07 Å². The van der Waals surface area contributed by atoms with Crippen molar-refractivity contribution in [3.8, 4) is 11.1 Å². The molecule has 0 saturated carbocycles. The summed E-state index contributed by atoms with van der Waals surface area (Å²) in [7, 11) is 0. The highest BCUT2D eigenvalue weighted by Gasteiger charge is 2.04. The Bertz CT molecular complexity index is 999. The Kier molecular flexibility index (Phi) is 3.16. The molecule has 0 bridgehead atoms. The van der Waals surface area contributed by atoms with Crippen LogP contribution in [0.2, 0.25) is 0 Å². The molecular weight excluding hydrogens is 292 g/mol. The molecule has 114 valence electrons. The van der Waals surface area contributed by atoms with Gasteiger partial charge in [-0.15, -0.1) is 0 Å². The highest BCUT2D eigenvalue weighted by Crippen LogP contribution is 2.24. The minimum atomic E-state index is -0.203. The van der Waals surface area contributed by atoms with Gasteiger partial charge in [0.05, 0.1) is 35.3 Å². The van der Waals surface area contributed by atoms with Gasteiger partial charge in [0.2, 0.25) is 0 Å². The van der Waals surface area contributed by atoms with Gasteiger partial charge in [0.1, 0.15) is 0 Å². The average Bonchev–Trinajstić information content (AvgIpc) is 3.20. The van der Waals surface area contributed by atoms with Crippen molar-refractivity contribution in [2.24, 2.45) is 0 Å². The molecule has 0 amide bonds.